The Morgan fingerprint density at radius 2 is 2.33 bits per heavy atom. The lowest BCUT2D eigenvalue weighted by molar-refractivity contribution is 0.113. The predicted molar refractivity (Wildman–Crippen MR) is 48.7 cm³/mol. The molecule has 0 atom stereocenters. The maximum absolute atomic E-state index is 5.32. The number of halogens is 1. The summed E-state index contributed by atoms with van der Waals surface area (Å²) in [6.07, 6.45) is 1.03. The van der Waals surface area contributed by atoms with Crippen LogP contribution in [-0.4, -0.2) is 21.4 Å². The molecule has 0 aliphatic heterocycles. The van der Waals surface area contributed by atoms with Crippen LogP contribution in [0.1, 0.15) is 19.2 Å². The third-order valence-corrected chi connectivity index (χ3v) is 1.74. The van der Waals surface area contributed by atoms with Gasteiger partial charge < -0.3 is 4.74 Å². The molecule has 0 fully saturated rings. The van der Waals surface area contributed by atoms with E-state index in [1.807, 2.05) is 7.05 Å². The summed E-state index contributed by atoms with van der Waals surface area (Å²) in [6.45, 7) is 3.38. The van der Waals surface area contributed by atoms with E-state index in [9.17, 15) is 0 Å². The molecule has 0 N–H and O–H groups in total. The van der Waals surface area contributed by atoms with Crippen LogP contribution in [0.15, 0.2) is 4.73 Å². The minimum Gasteiger partial charge on any atom is -0.373 e. The first-order valence-corrected chi connectivity index (χ1v) is 4.66. The summed E-state index contributed by atoms with van der Waals surface area (Å²) in [4.78, 5) is 4.13. The van der Waals surface area contributed by atoms with Gasteiger partial charge >= 0.3 is 0 Å². The second-order valence-corrected chi connectivity index (χ2v) is 3.18. The van der Waals surface area contributed by atoms with Crippen LogP contribution in [0.3, 0.4) is 0 Å². The normalized spacial score (nSPS) is 10.6. The summed E-state index contributed by atoms with van der Waals surface area (Å²) in [7, 11) is 1.85. The van der Waals surface area contributed by atoms with Crippen LogP contribution in [0.25, 0.3) is 0 Å². The van der Waals surface area contributed by atoms with E-state index in [0.29, 0.717) is 11.3 Å². The van der Waals surface area contributed by atoms with Gasteiger partial charge in [-0.15, -0.1) is 5.10 Å². The van der Waals surface area contributed by atoms with E-state index in [-0.39, 0.29) is 0 Å². The lowest BCUT2D eigenvalue weighted by Crippen LogP contribution is -2.02. The van der Waals surface area contributed by atoms with Gasteiger partial charge in [-0.3, -0.25) is 0 Å². The molecule has 0 aliphatic carbocycles. The average Bonchev–Trinajstić information content (AvgIpc) is 2.31. The van der Waals surface area contributed by atoms with Gasteiger partial charge in [-0.05, 0) is 22.4 Å². The molecule has 4 nitrogen and oxygen atoms in total. The SMILES string of the molecule is CCCOCc1nc(Br)nn1C. The number of nitrogens with zero attached hydrogens (tertiary/aromatic N) is 3. The predicted octanol–water partition coefficient (Wildman–Crippen LogP) is 1.50. The summed E-state index contributed by atoms with van der Waals surface area (Å²) >= 11 is 3.19. The van der Waals surface area contributed by atoms with Crippen LogP contribution in [-0.2, 0) is 18.4 Å². The molecule has 5 heteroatoms. The van der Waals surface area contributed by atoms with Crippen molar-refractivity contribution < 1.29 is 4.74 Å². The number of aromatic nitrogens is 3. The quantitative estimate of drug-likeness (QED) is 0.741. The van der Waals surface area contributed by atoms with Crippen molar-refractivity contribution in [2.24, 2.45) is 7.05 Å². The molecule has 0 unspecified atom stereocenters. The topological polar surface area (TPSA) is 39.9 Å². The minimum absolute atomic E-state index is 0.531. The van der Waals surface area contributed by atoms with Gasteiger partial charge in [0.2, 0.25) is 4.73 Å². The van der Waals surface area contributed by atoms with E-state index in [0.717, 1.165) is 18.9 Å². The van der Waals surface area contributed by atoms with Crippen LogP contribution in [0.4, 0.5) is 0 Å². The van der Waals surface area contributed by atoms with E-state index >= 15 is 0 Å². The molecule has 0 amide bonds. The first-order chi connectivity index (χ1) is 5.74. The number of rotatable bonds is 4. The Hall–Kier alpha value is -0.420. The summed E-state index contributed by atoms with van der Waals surface area (Å²) in [5, 5.41) is 4.03. The fourth-order valence-electron chi connectivity index (χ4n) is 0.816. The van der Waals surface area contributed by atoms with E-state index in [2.05, 4.69) is 32.9 Å². The minimum atomic E-state index is 0.531. The molecule has 0 radical (unpaired) electrons. The van der Waals surface area contributed by atoms with Gasteiger partial charge in [0.25, 0.3) is 0 Å². The highest BCUT2D eigenvalue weighted by Crippen LogP contribution is 2.04. The third-order valence-electron chi connectivity index (χ3n) is 1.41. The third kappa shape index (κ3) is 2.57. The molecule has 0 aliphatic rings. The van der Waals surface area contributed by atoms with Crippen LogP contribution >= 0.6 is 15.9 Å². The van der Waals surface area contributed by atoms with Gasteiger partial charge in [-0.25, -0.2) is 9.67 Å². The molecule has 12 heavy (non-hydrogen) atoms. The highest BCUT2D eigenvalue weighted by Gasteiger charge is 2.03. The van der Waals surface area contributed by atoms with Gasteiger partial charge in [0.1, 0.15) is 6.61 Å². The summed E-state index contributed by atoms with van der Waals surface area (Å²) in [6, 6.07) is 0. The zero-order chi connectivity index (χ0) is 8.97. The standard InChI is InChI=1S/C7H12BrN3O/c1-3-4-12-5-6-9-7(8)10-11(6)2/h3-5H2,1-2H3. The zero-order valence-corrected chi connectivity index (χ0v) is 8.84. The van der Waals surface area contributed by atoms with Gasteiger partial charge in [0, 0.05) is 13.7 Å². The fraction of sp³-hybridized carbons (Fsp3) is 0.714. The van der Waals surface area contributed by atoms with Crippen molar-refractivity contribution in [3.05, 3.63) is 10.6 Å². The van der Waals surface area contributed by atoms with Crippen molar-refractivity contribution in [2.45, 2.75) is 20.0 Å². The smallest absolute Gasteiger partial charge is 0.217 e. The van der Waals surface area contributed by atoms with Gasteiger partial charge in [0.05, 0.1) is 0 Å². The lowest BCUT2D eigenvalue weighted by Gasteiger charge is -2.00. The Balaban J connectivity index is 2.45. The van der Waals surface area contributed by atoms with Crippen molar-refractivity contribution >= 4 is 15.9 Å². The number of ether oxygens (including phenoxy) is 1. The molecule has 1 aromatic heterocycles. The molecule has 1 rings (SSSR count). The monoisotopic (exact) mass is 233 g/mol. The first kappa shape index (κ1) is 9.67. The number of aryl methyl sites for hydroxylation is 1. The highest BCUT2D eigenvalue weighted by molar-refractivity contribution is 9.10. The van der Waals surface area contributed by atoms with Crippen LogP contribution < -0.4 is 0 Å². The Kier molecular flexibility index (Phi) is 3.68. The average molecular weight is 234 g/mol. The number of hydrogen-bond acceptors (Lipinski definition) is 3. The van der Waals surface area contributed by atoms with Crippen molar-refractivity contribution in [3.63, 3.8) is 0 Å². The molecular weight excluding hydrogens is 222 g/mol. The van der Waals surface area contributed by atoms with Crippen molar-refractivity contribution in [2.75, 3.05) is 6.61 Å². The maximum atomic E-state index is 5.32. The van der Waals surface area contributed by atoms with Crippen molar-refractivity contribution in [3.8, 4) is 0 Å². The summed E-state index contributed by atoms with van der Waals surface area (Å²) in [5.41, 5.74) is 0. The molecule has 0 aromatic carbocycles. The zero-order valence-electron chi connectivity index (χ0n) is 7.25. The second kappa shape index (κ2) is 4.57. The van der Waals surface area contributed by atoms with Gasteiger partial charge in [-0.1, -0.05) is 6.92 Å². The summed E-state index contributed by atoms with van der Waals surface area (Å²) < 4.78 is 7.64. The van der Waals surface area contributed by atoms with E-state index < -0.39 is 0 Å². The second-order valence-electron chi connectivity index (χ2n) is 2.47. The van der Waals surface area contributed by atoms with Crippen LogP contribution in [0.5, 0.6) is 0 Å². The molecular formula is C7H12BrN3O. The Bertz CT molecular complexity index is 249. The van der Waals surface area contributed by atoms with Crippen molar-refractivity contribution in [1.82, 2.24) is 14.8 Å². The van der Waals surface area contributed by atoms with Gasteiger partial charge in [0.15, 0.2) is 5.82 Å². The number of hydrogen-bond donors (Lipinski definition) is 0. The molecule has 68 valence electrons. The largest absolute Gasteiger partial charge is 0.373 e. The Morgan fingerprint density at radius 3 is 2.83 bits per heavy atom. The molecule has 1 aromatic rings. The van der Waals surface area contributed by atoms with E-state index in [4.69, 9.17) is 4.74 Å². The van der Waals surface area contributed by atoms with E-state index in [1.54, 1.807) is 4.68 Å². The van der Waals surface area contributed by atoms with Crippen LogP contribution in [0.2, 0.25) is 0 Å². The molecule has 1 heterocycles. The van der Waals surface area contributed by atoms with E-state index in [1.165, 1.54) is 0 Å². The molecule has 0 bridgehead atoms. The molecule has 0 saturated heterocycles. The first-order valence-electron chi connectivity index (χ1n) is 3.87. The highest BCUT2D eigenvalue weighted by atomic mass is 79.9. The van der Waals surface area contributed by atoms with Crippen LogP contribution in [0, 0.1) is 0 Å². The molecule has 0 spiro atoms. The van der Waals surface area contributed by atoms with Gasteiger partial charge in [-0.2, -0.15) is 0 Å². The molecule has 0 saturated carbocycles. The van der Waals surface area contributed by atoms with Crippen molar-refractivity contribution in [1.29, 1.82) is 0 Å². The Labute approximate surface area is 80.1 Å². The Morgan fingerprint density at radius 1 is 1.58 bits per heavy atom. The summed E-state index contributed by atoms with van der Waals surface area (Å²) in [5.74, 6) is 0.843. The maximum Gasteiger partial charge on any atom is 0.217 e. The fourth-order valence-corrected chi connectivity index (χ4v) is 1.26. The lowest BCUT2D eigenvalue weighted by atomic mass is 10.5.